The number of aromatic nitrogens is 3. The molecular weight excluding hydrogens is 350 g/mol. The zero-order chi connectivity index (χ0) is 18.7. The van der Waals surface area contributed by atoms with Crippen molar-refractivity contribution in [3.05, 3.63) is 65.6 Å². The van der Waals surface area contributed by atoms with Gasteiger partial charge in [0.2, 0.25) is 4.90 Å². The Labute approximate surface area is 153 Å². The summed E-state index contributed by atoms with van der Waals surface area (Å²) in [5.41, 5.74) is 3.15. The van der Waals surface area contributed by atoms with E-state index in [1.165, 1.54) is 6.20 Å². The van der Waals surface area contributed by atoms with Gasteiger partial charge in [-0.15, -0.1) is 0 Å². The zero-order valence-electron chi connectivity index (χ0n) is 14.9. The van der Waals surface area contributed by atoms with E-state index in [4.69, 9.17) is 0 Å². The Kier molecular flexibility index (Phi) is 5.06. The van der Waals surface area contributed by atoms with Crippen LogP contribution in [0.3, 0.4) is 0 Å². The van der Waals surface area contributed by atoms with Crippen molar-refractivity contribution >= 4 is 21.9 Å². The Hall–Kier alpha value is -2.71. The second kappa shape index (κ2) is 7.27. The predicted molar refractivity (Wildman–Crippen MR) is 103 cm³/mol. The lowest BCUT2D eigenvalue weighted by Crippen LogP contribution is -2.21. The standard InChI is InChI=1S/C18H21N5O2S/c1-13-18(14(2)23(3)21-13)22-26(24,25)16-9-10-17(20-12-16)19-11-15-7-5-4-6-8-15/h4-10,12H,11H2,1-3H3,(H2-,19,20,22,24,25)/p+1. The third kappa shape index (κ3) is 3.92. The molecule has 0 amide bonds. The molecule has 0 radical (unpaired) electrons. The summed E-state index contributed by atoms with van der Waals surface area (Å²) in [6.45, 7) is 4.26. The second-order valence-electron chi connectivity index (χ2n) is 6.02. The summed E-state index contributed by atoms with van der Waals surface area (Å²) in [7, 11) is -1.68. The number of rotatable bonds is 6. The van der Waals surface area contributed by atoms with Crippen molar-refractivity contribution in [3.8, 4) is 0 Å². The molecule has 1 unspecified atom stereocenters. The van der Waals surface area contributed by atoms with Gasteiger partial charge in [0.25, 0.3) is 0 Å². The van der Waals surface area contributed by atoms with Crippen LogP contribution in [0.5, 0.6) is 0 Å². The highest BCUT2D eigenvalue weighted by atomic mass is 32.3. The van der Waals surface area contributed by atoms with Crippen molar-refractivity contribution < 1.29 is 8.76 Å². The van der Waals surface area contributed by atoms with E-state index in [-0.39, 0.29) is 4.90 Å². The molecule has 0 aliphatic heterocycles. The van der Waals surface area contributed by atoms with Gasteiger partial charge in [-0.2, -0.15) is 14.4 Å². The molecule has 0 fully saturated rings. The predicted octanol–water partition coefficient (Wildman–Crippen LogP) is 3.40. The largest absolute Gasteiger partial charge is 0.366 e. The average molecular weight is 372 g/mol. The topological polar surface area (TPSA) is 92.1 Å². The van der Waals surface area contributed by atoms with Gasteiger partial charge in [0.15, 0.2) is 0 Å². The van der Waals surface area contributed by atoms with Crippen molar-refractivity contribution in [2.75, 3.05) is 10.0 Å². The highest BCUT2D eigenvalue weighted by Gasteiger charge is 2.32. The number of hydrogen-bond acceptors (Lipinski definition) is 4. The van der Waals surface area contributed by atoms with Gasteiger partial charge in [-0.25, -0.2) is 4.98 Å². The van der Waals surface area contributed by atoms with Gasteiger partial charge in [0.1, 0.15) is 11.5 Å². The number of nitrogens with zero attached hydrogens (tertiary/aromatic N) is 3. The van der Waals surface area contributed by atoms with E-state index < -0.39 is 10.4 Å². The fraction of sp³-hybridized carbons (Fsp3) is 0.222. The smallest absolute Gasteiger partial charge is 0.347 e. The molecule has 3 N–H and O–H groups in total. The molecule has 2 aromatic heterocycles. The summed E-state index contributed by atoms with van der Waals surface area (Å²) in [4.78, 5) is 4.45. The van der Waals surface area contributed by atoms with Gasteiger partial charge >= 0.3 is 10.4 Å². The molecule has 0 aliphatic carbocycles. The Bertz CT molecular complexity index is 938. The van der Waals surface area contributed by atoms with Gasteiger partial charge in [-0.3, -0.25) is 4.68 Å². The molecule has 0 saturated heterocycles. The van der Waals surface area contributed by atoms with E-state index in [1.54, 1.807) is 30.8 Å². The molecule has 26 heavy (non-hydrogen) atoms. The molecule has 3 rings (SSSR count). The van der Waals surface area contributed by atoms with E-state index in [9.17, 15) is 8.76 Å². The molecule has 1 atom stereocenters. The van der Waals surface area contributed by atoms with Crippen LogP contribution in [0.15, 0.2) is 53.6 Å². The zero-order valence-corrected chi connectivity index (χ0v) is 15.7. The van der Waals surface area contributed by atoms with Crippen LogP contribution in [-0.4, -0.2) is 19.3 Å². The van der Waals surface area contributed by atoms with Gasteiger partial charge in [-0.1, -0.05) is 30.3 Å². The Morgan fingerprint density at radius 1 is 1.15 bits per heavy atom. The van der Waals surface area contributed by atoms with E-state index >= 15 is 0 Å². The monoisotopic (exact) mass is 372 g/mol. The summed E-state index contributed by atoms with van der Waals surface area (Å²) in [5, 5.41) is 7.44. The fourth-order valence-corrected chi connectivity index (χ4v) is 3.69. The molecule has 7 nitrogen and oxygen atoms in total. The summed E-state index contributed by atoms with van der Waals surface area (Å²) in [5.74, 6) is 0.640. The van der Waals surface area contributed by atoms with Crippen LogP contribution in [0.2, 0.25) is 0 Å². The minimum atomic E-state index is -3.47. The molecule has 0 saturated carbocycles. The Morgan fingerprint density at radius 2 is 1.88 bits per heavy atom. The summed E-state index contributed by atoms with van der Waals surface area (Å²) < 4.78 is 27.5. The lowest BCUT2D eigenvalue weighted by Gasteiger charge is -2.08. The molecule has 0 aliphatic rings. The van der Waals surface area contributed by atoms with E-state index in [2.05, 4.69) is 20.1 Å². The molecule has 136 valence electrons. The number of hydrogen-bond donors (Lipinski definition) is 3. The molecule has 1 aromatic carbocycles. The van der Waals surface area contributed by atoms with E-state index in [1.807, 2.05) is 37.3 Å². The maximum atomic E-state index is 12.7. The van der Waals surface area contributed by atoms with Gasteiger partial charge in [0.05, 0.1) is 17.6 Å². The SMILES string of the molecule is Cc1nn(C)c(C)c1N[S+](=O)(O)c1ccc(NCc2ccccc2)nc1. The first-order valence-electron chi connectivity index (χ1n) is 8.15. The Morgan fingerprint density at radius 3 is 2.46 bits per heavy atom. The third-order valence-corrected chi connectivity index (χ3v) is 5.48. The first-order valence-corrected chi connectivity index (χ1v) is 9.67. The van der Waals surface area contributed by atoms with Crippen LogP contribution < -0.4 is 10.0 Å². The lowest BCUT2D eigenvalue weighted by molar-refractivity contribution is 0.502. The van der Waals surface area contributed by atoms with Crippen molar-refractivity contribution in [1.82, 2.24) is 14.8 Å². The van der Waals surface area contributed by atoms with Crippen LogP contribution >= 0.6 is 0 Å². The number of benzene rings is 1. The highest BCUT2D eigenvalue weighted by Crippen LogP contribution is 2.25. The molecule has 0 spiro atoms. The molecule has 3 aromatic rings. The van der Waals surface area contributed by atoms with Crippen molar-refractivity contribution in [2.24, 2.45) is 7.05 Å². The number of aryl methyl sites for hydroxylation is 2. The molecule has 0 bridgehead atoms. The number of anilines is 2. The first-order chi connectivity index (χ1) is 12.4. The van der Waals surface area contributed by atoms with Crippen molar-refractivity contribution in [3.63, 3.8) is 0 Å². The maximum absolute atomic E-state index is 12.7. The van der Waals surface area contributed by atoms with E-state index in [0.717, 1.165) is 11.3 Å². The number of nitrogens with one attached hydrogen (secondary N) is 2. The Balaban J connectivity index is 1.71. The van der Waals surface area contributed by atoms with Crippen molar-refractivity contribution in [2.45, 2.75) is 25.3 Å². The first kappa shape index (κ1) is 18.1. The van der Waals surface area contributed by atoms with Crippen LogP contribution in [0, 0.1) is 13.8 Å². The minimum Gasteiger partial charge on any atom is -0.366 e. The van der Waals surface area contributed by atoms with Crippen LogP contribution in [0.4, 0.5) is 11.5 Å². The maximum Gasteiger partial charge on any atom is 0.347 e. The second-order valence-corrected chi connectivity index (χ2v) is 7.74. The number of pyridine rings is 1. The van der Waals surface area contributed by atoms with Gasteiger partial charge in [0, 0.05) is 19.7 Å². The van der Waals surface area contributed by atoms with E-state index in [0.29, 0.717) is 23.7 Å². The fourth-order valence-electron chi connectivity index (χ4n) is 2.56. The van der Waals surface area contributed by atoms with Crippen molar-refractivity contribution in [1.29, 1.82) is 0 Å². The lowest BCUT2D eigenvalue weighted by atomic mass is 10.2. The van der Waals surface area contributed by atoms with Gasteiger partial charge < -0.3 is 5.32 Å². The molecule has 8 heteroatoms. The molecular formula is C18H22N5O2S+. The highest BCUT2D eigenvalue weighted by molar-refractivity contribution is 7.99. The molecule has 2 heterocycles. The summed E-state index contributed by atoms with van der Waals surface area (Å²) in [6.07, 6.45) is 1.41. The third-order valence-electron chi connectivity index (χ3n) is 4.12. The minimum absolute atomic E-state index is 0.213. The quantitative estimate of drug-likeness (QED) is 0.577. The van der Waals surface area contributed by atoms with Crippen LogP contribution in [-0.2, 0) is 28.2 Å². The summed E-state index contributed by atoms with van der Waals surface area (Å²) in [6, 6.07) is 13.2. The van der Waals surface area contributed by atoms with Crippen LogP contribution in [0.1, 0.15) is 17.0 Å². The van der Waals surface area contributed by atoms with Gasteiger partial charge in [-0.05, 0) is 29.7 Å². The average Bonchev–Trinajstić information content (AvgIpc) is 2.87. The normalized spacial score (nSPS) is 13.2. The summed E-state index contributed by atoms with van der Waals surface area (Å²) >= 11 is 0. The van der Waals surface area contributed by atoms with Crippen LogP contribution in [0.25, 0.3) is 0 Å².